The zero-order chi connectivity index (χ0) is 15.1. The maximum absolute atomic E-state index is 2.59. The largest absolute Gasteiger partial charge is 0.0654 e. The van der Waals surface area contributed by atoms with E-state index in [1.54, 1.807) is 12.3 Å². The maximum atomic E-state index is 2.59. The molecule has 0 bridgehead atoms. The topological polar surface area (TPSA) is 0 Å². The van der Waals surface area contributed by atoms with Gasteiger partial charge in [-0.25, -0.2) is 0 Å². The molecule has 0 aromatic carbocycles. The van der Waals surface area contributed by atoms with Crippen LogP contribution in [0.1, 0.15) is 97.3 Å². The van der Waals surface area contributed by atoms with E-state index >= 15 is 0 Å². The molecule has 0 aliphatic heterocycles. The monoisotopic (exact) mass is 301 g/mol. The first-order chi connectivity index (χ1) is 9.62. The van der Waals surface area contributed by atoms with Crippen molar-refractivity contribution in [1.29, 1.82) is 0 Å². The fraction of sp³-hybridized carbons (Fsp3) is 1.00. The fourth-order valence-electron chi connectivity index (χ4n) is 2.93. The molecule has 0 amide bonds. The van der Waals surface area contributed by atoms with E-state index in [-0.39, 0.29) is 0 Å². The lowest BCUT2D eigenvalue weighted by Crippen LogP contribution is -2.01. The third-order valence-corrected chi connectivity index (χ3v) is 7.54. The van der Waals surface area contributed by atoms with Gasteiger partial charge < -0.3 is 0 Å². The maximum Gasteiger partial charge on any atom is 0.0589 e. The highest BCUT2D eigenvalue weighted by molar-refractivity contribution is 7.74. The number of rotatable bonds is 15. The van der Waals surface area contributed by atoms with E-state index in [9.17, 15) is 0 Å². The predicted molar refractivity (Wildman–Crippen MR) is 99.9 cm³/mol. The third-order valence-electron chi connectivity index (χ3n) is 4.48. The number of hydrogen-bond acceptors (Lipinski definition) is 0. The molecular formula is C19H42P+. The van der Waals surface area contributed by atoms with Gasteiger partial charge in [0.2, 0.25) is 0 Å². The van der Waals surface area contributed by atoms with Crippen molar-refractivity contribution in [3.05, 3.63) is 0 Å². The molecule has 0 N–H and O–H groups in total. The molecule has 0 aliphatic rings. The second-order valence-electron chi connectivity index (χ2n) is 7.27. The Morgan fingerprint density at radius 3 is 1.10 bits per heavy atom. The van der Waals surface area contributed by atoms with Gasteiger partial charge in [-0.05, 0) is 25.7 Å². The van der Waals surface area contributed by atoms with Crippen LogP contribution in [0.2, 0.25) is 0 Å². The van der Waals surface area contributed by atoms with Crippen molar-refractivity contribution in [2.45, 2.75) is 97.3 Å². The van der Waals surface area contributed by atoms with Gasteiger partial charge in [0.1, 0.15) is 0 Å². The van der Waals surface area contributed by atoms with Gasteiger partial charge in [0.15, 0.2) is 0 Å². The Hall–Kier alpha value is 0.430. The van der Waals surface area contributed by atoms with Crippen LogP contribution in [0.15, 0.2) is 0 Å². The first-order valence-corrected chi connectivity index (χ1v) is 12.5. The Morgan fingerprint density at radius 2 is 0.750 bits per heavy atom. The molecule has 0 heterocycles. The summed E-state index contributed by atoms with van der Waals surface area (Å²) < 4.78 is 0. The van der Waals surface area contributed by atoms with E-state index in [1.165, 1.54) is 83.5 Å². The van der Waals surface area contributed by atoms with E-state index < -0.39 is 7.26 Å². The summed E-state index contributed by atoms with van der Waals surface area (Å²) in [5, 5.41) is 0. The van der Waals surface area contributed by atoms with Crippen molar-refractivity contribution >= 4 is 7.26 Å². The van der Waals surface area contributed by atoms with Crippen LogP contribution in [0.4, 0.5) is 0 Å². The van der Waals surface area contributed by atoms with Gasteiger partial charge in [-0.1, -0.05) is 71.6 Å². The van der Waals surface area contributed by atoms with Crippen molar-refractivity contribution in [1.82, 2.24) is 0 Å². The predicted octanol–water partition coefficient (Wildman–Crippen LogP) is 7.37. The molecule has 0 fully saturated rings. The summed E-state index contributed by atoms with van der Waals surface area (Å²) in [6, 6.07) is 0. The fourth-order valence-corrected chi connectivity index (χ4v) is 5.31. The summed E-state index contributed by atoms with van der Waals surface area (Å²) >= 11 is 0. The van der Waals surface area contributed by atoms with E-state index in [0.29, 0.717) is 0 Å². The lowest BCUT2D eigenvalue weighted by Gasteiger charge is -2.18. The Balaban J connectivity index is 3.33. The Bertz CT molecular complexity index is 186. The molecule has 0 radical (unpaired) electrons. The van der Waals surface area contributed by atoms with Gasteiger partial charge in [0, 0.05) is 20.6 Å². The SMILES string of the molecule is CCCCCCCCCC[P+](C)(C)CCCCCCC. The van der Waals surface area contributed by atoms with Crippen molar-refractivity contribution in [2.75, 3.05) is 25.7 Å². The molecule has 0 aromatic heterocycles. The standard InChI is InChI=1S/C19H42P/c1-5-7-9-11-12-13-15-17-19-20(3,4)18-16-14-10-8-6-2/h5-19H2,1-4H3/q+1. The minimum absolute atomic E-state index is 0.557. The molecule has 0 rings (SSSR count). The van der Waals surface area contributed by atoms with Crippen LogP contribution >= 0.6 is 7.26 Å². The van der Waals surface area contributed by atoms with Crippen LogP contribution in [0.25, 0.3) is 0 Å². The van der Waals surface area contributed by atoms with Gasteiger partial charge in [0.05, 0.1) is 12.3 Å². The number of hydrogen-bond donors (Lipinski definition) is 0. The first kappa shape index (κ1) is 20.4. The molecule has 0 aliphatic carbocycles. The van der Waals surface area contributed by atoms with Crippen molar-refractivity contribution in [3.63, 3.8) is 0 Å². The third kappa shape index (κ3) is 14.8. The lowest BCUT2D eigenvalue weighted by atomic mass is 10.1. The minimum Gasteiger partial charge on any atom is -0.0654 e. The van der Waals surface area contributed by atoms with E-state index in [4.69, 9.17) is 0 Å². The summed E-state index contributed by atoms with van der Waals surface area (Å²) in [5.74, 6) is 0. The van der Waals surface area contributed by atoms with Crippen LogP contribution in [-0.4, -0.2) is 25.7 Å². The highest BCUT2D eigenvalue weighted by Gasteiger charge is 2.23. The quantitative estimate of drug-likeness (QED) is 0.219. The highest BCUT2D eigenvalue weighted by Crippen LogP contribution is 2.52. The van der Waals surface area contributed by atoms with Crippen molar-refractivity contribution < 1.29 is 0 Å². The van der Waals surface area contributed by atoms with Crippen molar-refractivity contribution in [3.8, 4) is 0 Å². The average molecular weight is 302 g/mol. The second-order valence-corrected chi connectivity index (χ2v) is 12.0. The van der Waals surface area contributed by atoms with Crippen LogP contribution in [0, 0.1) is 0 Å². The Labute approximate surface area is 130 Å². The van der Waals surface area contributed by atoms with Crippen LogP contribution in [-0.2, 0) is 0 Å². The summed E-state index contributed by atoms with van der Waals surface area (Å²) in [5.41, 5.74) is 0. The normalized spacial score (nSPS) is 12.0. The summed E-state index contributed by atoms with van der Waals surface area (Å²) in [7, 11) is -0.557. The van der Waals surface area contributed by atoms with Crippen molar-refractivity contribution in [2.24, 2.45) is 0 Å². The molecule has 0 atom stereocenters. The Kier molecular flexibility index (Phi) is 14.7. The molecule has 20 heavy (non-hydrogen) atoms. The van der Waals surface area contributed by atoms with E-state index in [0.717, 1.165) is 0 Å². The summed E-state index contributed by atoms with van der Waals surface area (Å²) in [4.78, 5) is 0. The lowest BCUT2D eigenvalue weighted by molar-refractivity contribution is 0.585. The second kappa shape index (κ2) is 14.4. The molecular weight excluding hydrogens is 259 g/mol. The molecule has 1 heteroatoms. The first-order valence-electron chi connectivity index (χ1n) is 9.44. The summed E-state index contributed by atoms with van der Waals surface area (Å²) in [6.45, 7) is 9.79. The molecule has 0 unspecified atom stereocenters. The van der Waals surface area contributed by atoms with Gasteiger partial charge in [-0.3, -0.25) is 0 Å². The zero-order valence-electron chi connectivity index (χ0n) is 15.1. The summed E-state index contributed by atoms with van der Waals surface area (Å²) in [6.07, 6.45) is 22.1. The molecule has 0 spiro atoms. The van der Waals surface area contributed by atoms with Gasteiger partial charge in [0.25, 0.3) is 0 Å². The number of unbranched alkanes of at least 4 members (excludes halogenated alkanes) is 11. The molecule has 0 saturated carbocycles. The molecule has 0 nitrogen and oxygen atoms in total. The van der Waals surface area contributed by atoms with Gasteiger partial charge in [-0.2, -0.15) is 0 Å². The van der Waals surface area contributed by atoms with Crippen LogP contribution < -0.4 is 0 Å². The zero-order valence-corrected chi connectivity index (χ0v) is 15.9. The highest BCUT2D eigenvalue weighted by atomic mass is 31.2. The van der Waals surface area contributed by atoms with E-state index in [2.05, 4.69) is 27.2 Å². The smallest absolute Gasteiger partial charge is 0.0589 e. The average Bonchev–Trinajstić information content (AvgIpc) is 2.41. The molecule has 122 valence electrons. The molecule has 0 aromatic rings. The minimum atomic E-state index is -0.557. The molecule has 0 saturated heterocycles. The van der Waals surface area contributed by atoms with Crippen LogP contribution in [0.5, 0.6) is 0 Å². The van der Waals surface area contributed by atoms with Gasteiger partial charge in [-0.15, -0.1) is 0 Å². The van der Waals surface area contributed by atoms with Crippen LogP contribution in [0.3, 0.4) is 0 Å². The van der Waals surface area contributed by atoms with Gasteiger partial charge >= 0.3 is 0 Å². The van der Waals surface area contributed by atoms with E-state index in [1.807, 2.05) is 0 Å². The Morgan fingerprint density at radius 1 is 0.450 bits per heavy atom.